The second-order valence-electron chi connectivity index (χ2n) is 13.5. The number of nitrogens with zero attached hydrogens (tertiary/aromatic N) is 9. The van der Waals surface area contributed by atoms with Crippen molar-refractivity contribution in [3.63, 3.8) is 0 Å². The van der Waals surface area contributed by atoms with Gasteiger partial charge in [-0.2, -0.15) is 0 Å². The lowest BCUT2D eigenvalue weighted by Crippen LogP contribution is -2.12. The van der Waals surface area contributed by atoms with Crippen LogP contribution in [0.3, 0.4) is 0 Å². The minimum absolute atomic E-state index is 0.0737. The first-order valence-electron chi connectivity index (χ1n) is 18.6. The second-order valence-corrected chi connectivity index (χ2v) is 13.5. The van der Waals surface area contributed by atoms with Crippen LogP contribution in [-0.4, -0.2) is 49.9 Å². The molecule has 58 heavy (non-hydrogen) atoms. The Morgan fingerprint density at radius 1 is 0.603 bits per heavy atom. The van der Waals surface area contributed by atoms with Gasteiger partial charge in [0, 0.05) is 35.9 Å². The van der Waals surface area contributed by atoms with Gasteiger partial charge in [0.2, 0.25) is 0 Å². The zero-order valence-electron chi connectivity index (χ0n) is 31.7. The Hall–Kier alpha value is -8.00. The summed E-state index contributed by atoms with van der Waals surface area (Å²) < 4.78 is 3.73. The van der Waals surface area contributed by atoms with E-state index >= 15 is 0 Å². The van der Waals surface area contributed by atoms with Crippen LogP contribution in [0.5, 0.6) is 0 Å². The van der Waals surface area contributed by atoms with E-state index in [0.717, 1.165) is 27.6 Å². The molecule has 5 N–H and O–H groups in total. The molecule has 9 rings (SSSR count). The number of benzene rings is 4. The molecule has 0 aliphatic carbocycles. The number of hydrogen-bond acceptors (Lipinski definition) is 11. The molecular weight excluding hydrogens is 727 g/mol. The van der Waals surface area contributed by atoms with E-state index < -0.39 is 0 Å². The number of nitrogen functional groups attached to an aromatic ring is 1. The van der Waals surface area contributed by atoms with E-state index in [-0.39, 0.29) is 18.0 Å². The van der Waals surface area contributed by atoms with Crippen LogP contribution in [0, 0.1) is 0 Å². The van der Waals surface area contributed by atoms with Gasteiger partial charge in [-0.15, -0.1) is 0 Å². The lowest BCUT2D eigenvalue weighted by molar-refractivity contribution is 0.102. The summed E-state index contributed by atoms with van der Waals surface area (Å²) in [5.41, 5.74) is 13.4. The fourth-order valence-electron chi connectivity index (χ4n) is 6.35. The van der Waals surface area contributed by atoms with Gasteiger partial charge in [0.05, 0.1) is 52.4 Å². The van der Waals surface area contributed by atoms with Crippen LogP contribution in [-0.2, 0) is 0 Å². The van der Waals surface area contributed by atoms with Crippen molar-refractivity contribution in [3.8, 4) is 11.6 Å². The Morgan fingerprint density at radius 2 is 1.16 bits per heavy atom. The molecule has 1 amide bonds. The lowest BCUT2D eigenvalue weighted by Gasteiger charge is -2.15. The molecule has 14 heteroatoms. The minimum atomic E-state index is -0.227. The smallest absolute Gasteiger partial charge is 0.257 e. The number of pyridine rings is 1. The van der Waals surface area contributed by atoms with Crippen LogP contribution in [0.25, 0.3) is 33.7 Å². The van der Waals surface area contributed by atoms with E-state index in [1.807, 2.05) is 81.9 Å². The molecule has 0 saturated heterocycles. The maximum absolute atomic E-state index is 12.5. The highest BCUT2D eigenvalue weighted by molar-refractivity contribution is 6.04. The number of anilines is 4. The first-order chi connectivity index (χ1) is 28.4. The monoisotopic (exact) mass is 765 g/mol. The van der Waals surface area contributed by atoms with Gasteiger partial charge in [-0.25, -0.2) is 19.9 Å². The molecule has 0 bridgehead atoms. The topological polar surface area (TPSA) is 179 Å². The van der Waals surface area contributed by atoms with Crippen LogP contribution in [0.15, 0.2) is 159 Å². The summed E-state index contributed by atoms with van der Waals surface area (Å²) in [6, 6.07) is 35.2. The zero-order chi connectivity index (χ0) is 39.8. The van der Waals surface area contributed by atoms with Crippen molar-refractivity contribution in [1.82, 2.24) is 44.0 Å². The van der Waals surface area contributed by atoms with Crippen molar-refractivity contribution >= 4 is 51.0 Å². The van der Waals surface area contributed by atoms with Gasteiger partial charge in [-0.3, -0.25) is 28.9 Å². The molecule has 14 nitrogen and oxygen atoms in total. The molecule has 0 unspecified atom stereocenters. The lowest BCUT2D eigenvalue weighted by atomic mass is 10.1. The number of imidazole rings is 2. The third-order valence-electron chi connectivity index (χ3n) is 9.37. The molecule has 0 aliphatic heterocycles. The predicted octanol–water partition coefficient (Wildman–Crippen LogP) is 8.21. The Balaban J connectivity index is 0.000000168. The molecule has 4 aromatic carbocycles. The van der Waals surface area contributed by atoms with Crippen LogP contribution in [0.1, 0.15) is 47.4 Å². The summed E-state index contributed by atoms with van der Waals surface area (Å²) in [5.74, 6) is 2.46. The fraction of sp³-hybridized carbons (Fsp3) is 0.0909. The molecule has 5 heterocycles. The maximum atomic E-state index is 12.5. The number of amides is 1. The Bertz CT molecular complexity index is 2790. The van der Waals surface area contributed by atoms with Gasteiger partial charge in [0.1, 0.15) is 24.3 Å². The molecule has 2 atom stereocenters. The third kappa shape index (κ3) is 8.45. The molecule has 0 fully saturated rings. The highest BCUT2D eigenvalue weighted by Crippen LogP contribution is 2.24. The van der Waals surface area contributed by atoms with E-state index in [0.29, 0.717) is 40.2 Å². The SMILES string of the molecule is C[C@H](Nc1cncc(-n2cnc3ccc(N)cc32)n1)c1ccccc1.C[C@H](Nc1cncc(-n2cnc3ccc(NC(=O)c4cccnc4)cc32)n1)c1ccccc1. The number of fused-ring (bicyclic) bond motifs is 2. The molecule has 0 radical (unpaired) electrons. The van der Waals surface area contributed by atoms with Gasteiger partial charge in [0.25, 0.3) is 5.91 Å². The van der Waals surface area contributed by atoms with E-state index in [4.69, 9.17) is 10.7 Å². The number of carbonyl (C=O) groups is 1. The minimum Gasteiger partial charge on any atom is -0.399 e. The largest absolute Gasteiger partial charge is 0.399 e. The van der Waals surface area contributed by atoms with Gasteiger partial charge in [-0.05, 0) is 73.5 Å². The van der Waals surface area contributed by atoms with Crippen molar-refractivity contribution in [2.24, 2.45) is 0 Å². The highest BCUT2D eigenvalue weighted by atomic mass is 16.1. The quantitative estimate of drug-likeness (QED) is 0.0986. The van der Waals surface area contributed by atoms with Gasteiger partial charge in [-0.1, -0.05) is 60.7 Å². The van der Waals surface area contributed by atoms with Crippen molar-refractivity contribution < 1.29 is 4.79 Å². The fourth-order valence-corrected chi connectivity index (χ4v) is 6.35. The average molecular weight is 766 g/mol. The number of hydrogen-bond donors (Lipinski definition) is 4. The van der Waals surface area contributed by atoms with Crippen molar-refractivity contribution in [1.29, 1.82) is 0 Å². The Kier molecular flexibility index (Phi) is 10.7. The summed E-state index contributed by atoms with van der Waals surface area (Å²) in [7, 11) is 0. The van der Waals surface area contributed by atoms with Crippen LogP contribution < -0.4 is 21.7 Å². The van der Waals surface area contributed by atoms with Gasteiger partial charge < -0.3 is 21.7 Å². The summed E-state index contributed by atoms with van der Waals surface area (Å²) in [6.45, 7) is 4.17. The number of rotatable bonds is 10. The standard InChI is InChI=1S/C25H21N7O.C19H18N6/c1-17(18-6-3-2-4-7-18)29-23-14-27-15-24(31-23)32-16-28-21-10-9-20(12-22(21)32)30-25(33)19-8-5-11-26-13-19;1-13(14-5-3-2-4-6-14)23-18-10-21-11-19(24-18)25-12-22-16-8-7-15(20)9-17(16)25/h2-17H,1H3,(H,29,31)(H,30,33);2-13H,20H2,1H3,(H,23,24)/t17-;13-/m00/s1. The van der Waals surface area contributed by atoms with Crippen LogP contribution >= 0.6 is 0 Å². The summed E-state index contributed by atoms with van der Waals surface area (Å²) in [6.07, 6.45) is 13.4. The zero-order valence-corrected chi connectivity index (χ0v) is 31.7. The number of carbonyl (C=O) groups excluding carboxylic acids is 1. The van der Waals surface area contributed by atoms with E-state index in [2.05, 4.69) is 84.0 Å². The molecule has 5 aromatic heterocycles. The summed E-state index contributed by atoms with van der Waals surface area (Å²) in [4.78, 5) is 43.4. The second kappa shape index (κ2) is 16.8. The van der Waals surface area contributed by atoms with Gasteiger partial charge >= 0.3 is 0 Å². The molecule has 0 saturated carbocycles. The van der Waals surface area contributed by atoms with E-state index in [1.165, 1.54) is 11.8 Å². The molecule has 9 aromatic rings. The Labute approximate surface area is 333 Å². The summed E-state index contributed by atoms with van der Waals surface area (Å²) in [5, 5.41) is 9.69. The summed E-state index contributed by atoms with van der Waals surface area (Å²) >= 11 is 0. The average Bonchev–Trinajstić information content (AvgIpc) is 3.89. The number of nitrogens with two attached hydrogens (primary N) is 1. The molecular formula is C44H39N13O. The highest BCUT2D eigenvalue weighted by Gasteiger charge is 2.13. The van der Waals surface area contributed by atoms with Crippen molar-refractivity contribution in [2.75, 3.05) is 21.7 Å². The number of nitrogens with one attached hydrogen (secondary N) is 3. The van der Waals surface area contributed by atoms with Crippen molar-refractivity contribution in [2.45, 2.75) is 25.9 Å². The van der Waals surface area contributed by atoms with Crippen LogP contribution in [0.2, 0.25) is 0 Å². The normalized spacial score (nSPS) is 12.0. The first-order valence-corrected chi connectivity index (χ1v) is 18.6. The van der Waals surface area contributed by atoms with Crippen molar-refractivity contribution in [3.05, 3.63) is 176 Å². The molecule has 0 aliphatic rings. The number of aromatic nitrogens is 9. The Morgan fingerprint density at radius 3 is 1.71 bits per heavy atom. The van der Waals surface area contributed by atoms with E-state index in [9.17, 15) is 4.79 Å². The van der Waals surface area contributed by atoms with Crippen LogP contribution in [0.4, 0.5) is 23.0 Å². The molecule has 286 valence electrons. The first kappa shape index (κ1) is 36.9. The third-order valence-corrected chi connectivity index (χ3v) is 9.37. The molecule has 0 spiro atoms. The predicted molar refractivity (Wildman–Crippen MR) is 227 cm³/mol. The van der Waals surface area contributed by atoms with Gasteiger partial charge in [0.15, 0.2) is 11.6 Å². The maximum Gasteiger partial charge on any atom is 0.257 e. The van der Waals surface area contributed by atoms with E-state index in [1.54, 1.807) is 55.8 Å².